The van der Waals surface area contributed by atoms with Gasteiger partial charge in [0, 0.05) is 30.6 Å². The molecule has 0 unspecified atom stereocenters. The van der Waals surface area contributed by atoms with Gasteiger partial charge < -0.3 is 14.4 Å². The molecule has 47 heavy (non-hydrogen) atoms. The molecule has 7 nitrogen and oxygen atoms in total. The van der Waals surface area contributed by atoms with Crippen LogP contribution in [0, 0.1) is 11.7 Å². The predicted molar refractivity (Wildman–Crippen MR) is 185 cm³/mol. The molecule has 2 heterocycles. The Labute approximate surface area is 276 Å². The number of aromatic nitrogens is 1. The van der Waals surface area contributed by atoms with E-state index >= 15 is 4.39 Å². The minimum absolute atomic E-state index is 0.0977. The topological polar surface area (TPSA) is 80.8 Å². The van der Waals surface area contributed by atoms with Crippen molar-refractivity contribution >= 4 is 26.6 Å². The normalized spacial score (nSPS) is 14.3. The van der Waals surface area contributed by atoms with E-state index in [4.69, 9.17) is 9.47 Å². The molecule has 0 amide bonds. The number of hydrogen-bond donors (Lipinski definition) is 1. The number of pyridine rings is 1. The Morgan fingerprint density at radius 2 is 1.68 bits per heavy atom. The fourth-order valence-electron chi connectivity index (χ4n) is 6.04. The van der Waals surface area contributed by atoms with Crippen LogP contribution in [0.25, 0.3) is 22.0 Å². The lowest BCUT2D eigenvalue weighted by atomic mass is 9.99. The molecule has 244 valence electrons. The highest BCUT2D eigenvalue weighted by atomic mass is 32.2. The number of piperidine rings is 1. The second-order valence-electron chi connectivity index (χ2n) is 12.2. The Kier molecular flexibility index (Phi) is 10.0. The number of benzene rings is 4. The van der Waals surface area contributed by atoms with Crippen LogP contribution in [0.15, 0.2) is 102 Å². The summed E-state index contributed by atoms with van der Waals surface area (Å²) in [7, 11) is -2.34. The van der Waals surface area contributed by atoms with Crippen LogP contribution in [0.4, 0.5) is 10.1 Å². The van der Waals surface area contributed by atoms with Gasteiger partial charge in [0.05, 0.1) is 29.8 Å². The third-order valence-electron chi connectivity index (χ3n) is 8.81. The van der Waals surface area contributed by atoms with Gasteiger partial charge in [0.2, 0.25) is 0 Å². The van der Waals surface area contributed by atoms with Crippen LogP contribution in [0.3, 0.4) is 0 Å². The molecule has 1 aliphatic rings. The summed E-state index contributed by atoms with van der Waals surface area (Å²) < 4.78 is 56.2. The number of ether oxygens (including phenoxy) is 2. The Hall–Kier alpha value is -4.47. The van der Waals surface area contributed by atoms with Gasteiger partial charge in [-0.05, 0) is 96.9 Å². The first-order valence-corrected chi connectivity index (χ1v) is 17.5. The average Bonchev–Trinajstić information content (AvgIpc) is 3.08. The highest BCUT2D eigenvalue weighted by Crippen LogP contribution is 2.34. The SMILES string of the molecule is COc1cc2c(Cc3ccc(NS(=O)(=O)c4cccc(-c5ccccc5)c4)cc3F)ccnc2cc1OCCCN1CCC(C)CC1. The van der Waals surface area contributed by atoms with Crippen molar-refractivity contribution in [3.8, 4) is 22.6 Å². The van der Waals surface area contributed by atoms with Gasteiger partial charge in [-0.3, -0.25) is 9.71 Å². The van der Waals surface area contributed by atoms with Crippen LogP contribution in [-0.4, -0.2) is 51.7 Å². The molecular weight excluding hydrogens is 614 g/mol. The number of likely N-dealkylation sites (tertiary alicyclic amines) is 1. The van der Waals surface area contributed by atoms with E-state index in [0.29, 0.717) is 23.7 Å². The lowest BCUT2D eigenvalue weighted by molar-refractivity contribution is 0.176. The number of nitrogens with one attached hydrogen (secondary N) is 1. The van der Waals surface area contributed by atoms with Crippen LogP contribution in [-0.2, 0) is 16.4 Å². The summed E-state index contributed by atoms with van der Waals surface area (Å²) in [6.45, 7) is 6.20. The number of halogens is 1. The van der Waals surface area contributed by atoms with E-state index in [1.165, 1.54) is 25.0 Å². The molecule has 1 fully saturated rings. The quantitative estimate of drug-likeness (QED) is 0.138. The summed E-state index contributed by atoms with van der Waals surface area (Å²) in [5.74, 6) is 1.53. The third-order valence-corrected chi connectivity index (χ3v) is 10.2. The van der Waals surface area contributed by atoms with Crippen molar-refractivity contribution in [1.82, 2.24) is 9.88 Å². The van der Waals surface area contributed by atoms with E-state index in [9.17, 15) is 8.42 Å². The maximum atomic E-state index is 15.4. The highest BCUT2D eigenvalue weighted by Gasteiger charge is 2.18. The second kappa shape index (κ2) is 14.5. The summed E-state index contributed by atoms with van der Waals surface area (Å²) >= 11 is 0. The molecule has 1 saturated heterocycles. The van der Waals surface area contributed by atoms with Crippen molar-refractivity contribution in [3.05, 3.63) is 114 Å². The van der Waals surface area contributed by atoms with Crippen molar-refractivity contribution in [2.45, 2.75) is 37.5 Å². The van der Waals surface area contributed by atoms with E-state index in [2.05, 4.69) is 21.5 Å². The van der Waals surface area contributed by atoms with E-state index in [-0.39, 0.29) is 17.0 Å². The molecule has 0 spiro atoms. The molecule has 5 aromatic rings. The van der Waals surface area contributed by atoms with Crippen molar-refractivity contribution in [3.63, 3.8) is 0 Å². The van der Waals surface area contributed by atoms with E-state index in [0.717, 1.165) is 59.6 Å². The third kappa shape index (κ3) is 7.92. The molecule has 4 aromatic carbocycles. The zero-order valence-corrected chi connectivity index (χ0v) is 27.6. The molecule has 0 saturated carbocycles. The summed E-state index contributed by atoms with van der Waals surface area (Å²) in [5, 5.41) is 0.835. The molecule has 0 aliphatic carbocycles. The van der Waals surface area contributed by atoms with Crippen molar-refractivity contribution in [2.24, 2.45) is 5.92 Å². The molecule has 9 heteroatoms. The molecular formula is C38H40FN3O4S. The lowest BCUT2D eigenvalue weighted by Crippen LogP contribution is -2.34. The first-order chi connectivity index (χ1) is 22.8. The summed E-state index contributed by atoms with van der Waals surface area (Å²) in [5.41, 5.74) is 3.85. The van der Waals surface area contributed by atoms with Crippen LogP contribution in [0.2, 0.25) is 0 Å². The zero-order chi connectivity index (χ0) is 32.8. The van der Waals surface area contributed by atoms with Gasteiger partial charge in [-0.25, -0.2) is 12.8 Å². The molecule has 0 bridgehead atoms. The molecule has 0 radical (unpaired) electrons. The summed E-state index contributed by atoms with van der Waals surface area (Å²) in [6.07, 6.45) is 5.42. The number of anilines is 1. The van der Waals surface area contributed by atoms with Crippen LogP contribution < -0.4 is 14.2 Å². The van der Waals surface area contributed by atoms with Gasteiger partial charge in [-0.2, -0.15) is 0 Å². The van der Waals surface area contributed by atoms with Gasteiger partial charge in [0.1, 0.15) is 5.82 Å². The number of fused-ring (bicyclic) bond motifs is 1. The smallest absolute Gasteiger partial charge is 0.261 e. The minimum atomic E-state index is -3.94. The van der Waals surface area contributed by atoms with E-state index < -0.39 is 15.8 Å². The number of nitrogens with zero attached hydrogens (tertiary/aromatic N) is 2. The molecule has 1 N–H and O–H groups in total. The summed E-state index contributed by atoms with van der Waals surface area (Å²) in [4.78, 5) is 7.14. The van der Waals surface area contributed by atoms with E-state index in [1.807, 2.05) is 54.6 Å². The van der Waals surface area contributed by atoms with Crippen LogP contribution >= 0.6 is 0 Å². The Bertz CT molecular complexity index is 1940. The molecule has 6 rings (SSSR count). The predicted octanol–water partition coefficient (Wildman–Crippen LogP) is 7.94. The second-order valence-corrected chi connectivity index (χ2v) is 13.9. The number of methoxy groups -OCH3 is 1. The number of sulfonamides is 1. The molecule has 1 aliphatic heterocycles. The first-order valence-electron chi connectivity index (χ1n) is 16.1. The highest BCUT2D eigenvalue weighted by molar-refractivity contribution is 7.92. The Morgan fingerprint density at radius 1 is 0.894 bits per heavy atom. The van der Waals surface area contributed by atoms with Gasteiger partial charge in [0.25, 0.3) is 10.0 Å². The monoisotopic (exact) mass is 653 g/mol. The molecule has 1 aromatic heterocycles. The molecule has 0 atom stereocenters. The fourth-order valence-corrected chi connectivity index (χ4v) is 7.13. The van der Waals surface area contributed by atoms with Gasteiger partial charge in [-0.1, -0.05) is 55.5 Å². The van der Waals surface area contributed by atoms with Crippen LogP contribution in [0.5, 0.6) is 11.5 Å². The Morgan fingerprint density at radius 3 is 2.45 bits per heavy atom. The number of rotatable bonds is 12. The maximum absolute atomic E-state index is 15.4. The van der Waals surface area contributed by atoms with Gasteiger partial charge in [0.15, 0.2) is 11.5 Å². The van der Waals surface area contributed by atoms with Gasteiger partial charge in [-0.15, -0.1) is 0 Å². The largest absolute Gasteiger partial charge is 0.493 e. The van der Waals surface area contributed by atoms with Crippen LogP contribution in [0.1, 0.15) is 37.3 Å². The zero-order valence-electron chi connectivity index (χ0n) is 26.8. The van der Waals surface area contributed by atoms with Gasteiger partial charge >= 0.3 is 0 Å². The van der Waals surface area contributed by atoms with Crippen molar-refractivity contribution < 1.29 is 22.3 Å². The van der Waals surface area contributed by atoms with Crippen molar-refractivity contribution in [2.75, 3.05) is 38.1 Å². The summed E-state index contributed by atoms with van der Waals surface area (Å²) in [6, 6.07) is 26.2. The average molecular weight is 654 g/mol. The Balaban J connectivity index is 1.14. The van der Waals surface area contributed by atoms with Crippen molar-refractivity contribution in [1.29, 1.82) is 0 Å². The van der Waals surface area contributed by atoms with E-state index in [1.54, 1.807) is 37.6 Å². The number of hydrogen-bond acceptors (Lipinski definition) is 6. The first kappa shape index (κ1) is 32.5. The standard InChI is InChI=1S/C38H40FN3O4S/c1-27-15-19-42(20-16-27)18-7-21-46-38-26-36-34(25-37(38)45-2)30(14-17-40-36)22-31-12-13-32(24-35(31)39)41-47(43,44)33-11-6-10-29(23-33)28-8-4-3-5-9-28/h3-6,8-14,17,23-27,41H,7,15-16,18-22H2,1-2H3. The minimum Gasteiger partial charge on any atom is -0.493 e. The lowest BCUT2D eigenvalue weighted by Gasteiger charge is -2.30. The maximum Gasteiger partial charge on any atom is 0.261 e. The fraction of sp³-hybridized carbons (Fsp3) is 0.289.